The number of benzene rings is 2. The lowest BCUT2D eigenvalue weighted by Gasteiger charge is -2.31. The first-order valence-electron chi connectivity index (χ1n) is 10.1. The van der Waals surface area contributed by atoms with Gasteiger partial charge in [0.25, 0.3) is 0 Å². The molecule has 0 unspecified atom stereocenters. The highest BCUT2D eigenvalue weighted by Gasteiger charge is 2.44. The van der Waals surface area contributed by atoms with E-state index in [0.29, 0.717) is 11.3 Å². The highest BCUT2D eigenvalue weighted by Crippen LogP contribution is 2.40. The van der Waals surface area contributed by atoms with E-state index in [9.17, 15) is 19.6 Å². The summed E-state index contributed by atoms with van der Waals surface area (Å²) in [5.41, 5.74) is 3.34. The van der Waals surface area contributed by atoms with Crippen molar-refractivity contribution in [3.8, 4) is 6.07 Å². The summed E-state index contributed by atoms with van der Waals surface area (Å²) >= 11 is 7.87. The number of hydrogen-bond acceptors (Lipinski definition) is 6. The fraction of sp³-hybridized carbons (Fsp3) is 0.250. The molecule has 10 heteroatoms. The third-order valence-corrected chi connectivity index (χ3v) is 7.27. The number of esters is 1. The first kappa shape index (κ1) is 26.0. The first-order valence-corrected chi connectivity index (χ1v) is 12.7. The van der Waals surface area contributed by atoms with Crippen LogP contribution in [0.1, 0.15) is 22.6 Å². The predicted octanol–water partition coefficient (Wildman–Crippen LogP) is 4.94. The van der Waals surface area contributed by atoms with Crippen LogP contribution < -0.4 is 10.6 Å². The van der Waals surface area contributed by atoms with Crippen molar-refractivity contribution in [1.29, 1.82) is 5.26 Å². The second-order valence-corrected chi connectivity index (χ2v) is 10.4. The largest absolute Gasteiger partial charge is 0.468 e. The van der Waals surface area contributed by atoms with Crippen LogP contribution in [0.4, 0.5) is 5.69 Å². The Hall–Kier alpha value is -2.61. The van der Waals surface area contributed by atoms with Crippen LogP contribution in [0.25, 0.3) is 0 Å². The molecule has 0 saturated carbocycles. The van der Waals surface area contributed by atoms with Crippen molar-refractivity contribution in [2.24, 2.45) is 5.92 Å². The van der Waals surface area contributed by atoms with Crippen molar-refractivity contribution >= 4 is 67.1 Å². The van der Waals surface area contributed by atoms with Gasteiger partial charge in [0, 0.05) is 20.6 Å². The number of aryl methyl sites for hydroxylation is 2. The molecule has 0 bridgehead atoms. The Kier molecular flexibility index (Phi) is 8.57. The number of rotatable bonds is 6. The minimum Gasteiger partial charge on any atom is -0.468 e. The molecule has 0 fully saturated rings. The van der Waals surface area contributed by atoms with Gasteiger partial charge in [-0.2, -0.15) is 5.26 Å². The number of thioether (sulfide) groups is 1. The number of carbonyl (C=O) groups is 3. The van der Waals surface area contributed by atoms with Crippen LogP contribution in [0.15, 0.2) is 55.9 Å². The van der Waals surface area contributed by atoms with Gasteiger partial charge in [-0.05, 0) is 54.8 Å². The molecule has 1 aliphatic heterocycles. The summed E-state index contributed by atoms with van der Waals surface area (Å²) in [5, 5.41) is 15.8. The van der Waals surface area contributed by atoms with E-state index in [1.54, 1.807) is 24.3 Å². The summed E-state index contributed by atoms with van der Waals surface area (Å²) in [6.45, 7) is 3.79. The van der Waals surface area contributed by atoms with Gasteiger partial charge in [-0.15, -0.1) is 0 Å². The molecule has 0 aromatic heterocycles. The molecule has 2 amide bonds. The van der Waals surface area contributed by atoms with E-state index in [1.165, 1.54) is 7.11 Å². The number of amides is 2. The minimum atomic E-state index is -1.22. The molecule has 1 heterocycles. The van der Waals surface area contributed by atoms with Crippen LogP contribution in [0.5, 0.6) is 0 Å². The topological polar surface area (TPSA) is 108 Å². The lowest BCUT2D eigenvalue weighted by atomic mass is 9.78. The summed E-state index contributed by atoms with van der Waals surface area (Å²) in [7, 11) is 1.20. The summed E-state index contributed by atoms with van der Waals surface area (Å²) < 4.78 is 6.51. The molecule has 2 N–H and O–H groups in total. The maximum absolute atomic E-state index is 12.9. The van der Waals surface area contributed by atoms with E-state index in [4.69, 9.17) is 4.74 Å². The monoisotopic (exact) mass is 605 g/mol. The number of nitriles is 1. The van der Waals surface area contributed by atoms with Gasteiger partial charge in [-0.1, -0.05) is 55.8 Å². The van der Waals surface area contributed by atoms with E-state index in [2.05, 4.69) is 48.6 Å². The van der Waals surface area contributed by atoms with Gasteiger partial charge in [0.05, 0.1) is 29.5 Å². The number of nitrogens with one attached hydrogen (secondary N) is 2. The lowest BCUT2D eigenvalue weighted by molar-refractivity contribution is -0.150. The molecular weight excluding hydrogens is 586 g/mol. The van der Waals surface area contributed by atoms with Crippen molar-refractivity contribution in [3.63, 3.8) is 0 Å². The third kappa shape index (κ3) is 5.71. The van der Waals surface area contributed by atoms with Gasteiger partial charge >= 0.3 is 5.97 Å². The Morgan fingerprint density at radius 3 is 2.44 bits per heavy atom. The molecular formula is C24H21Br2N3O4S. The highest BCUT2D eigenvalue weighted by atomic mass is 79.9. The maximum atomic E-state index is 12.9. The number of methoxy groups -OCH3 is 1. The van der Waals surface area contributed by atoms with Gasteiger partial charge in [0.1, 0.15) is 5.92 Å². The standard InChI is InChI=1S/C24H21Br2N3O4S/c1-12-7-16(26)8-13(2)21(12)28-18(30)11-34-23-17(10-27)19(14-5-4-6-15(25)9-14)20(22(31)29-23)24(32)33-3/h4-9,19-20H,11H2,1-3H3,(H,28,30)(H,29,31)/t19-,20-/m1/s1. The van der Waals surface area contributed by atoms with Gasteiger partial charge in [0.2, 0.25) is 11.8 Å². The molecule has 7 nitrogen and oxygen atoms in total. The normalized spacial score (nSPS) is 17.6. The van der Waals surface area contributed by atoms with Gasteiger partial charge in [-0.3, -0.25) is 14.4 Å². The van der Waals surface area contributed by atoms with Crippen LogP contribution in [0.2, 0.25) is 0 Å². The van der Waals surface area contributed by atoms with E-state index >= 15 is 0 Å². The molecule has 1 aliphatic rings. The average molecular weight is 607 g/mol. The zero-order valence-electron chi connectivity index (χ0n) is 18.6. The maximum Gasteiger partial charge on any atom is 0.319 e. The SMILES string of the molecule is COC(=O)[C@H]1C(=O)NC(SCC(=O)Nc2c(C)cc(Br)cc2C)=C(C#N)[C@H]1c1cccc(Br)c1. The number of ether oxygens (including phenoxy) is 1. The fourth-order valence-corrected chi connectivity index (χ4v) is 5.75. The van der Waals surface area contributed by atoms with Gasteiger partial charge in [0.15, 0.2) is 0 Å². The van der Waals surface area contributed by atoms with E-state index < -0.39 is 23.7 Å². The summed E-state index contributed by atoms with van der Waals surface area (Å²) in [5.74, 6) is -3.71. The van der Waals surface area contributed by atoms with E-state index in [-0.39, 0.29) is 22.3 Å². The summed E-state index contributed by atoms with van der Waals surface area (Å²) in [4.78, 5) is 38.1. The number of allylic oxidation sites excluding steroid dienone is 1. The molecule has 0 spiro atoms. The molecule has 0 aliphatic carbocycles. The Morgan fingerprint density at radius 1 is 1.18 bits per heavy atom. The molecule has 2 atom stereocenters. The molecule has 3 rings (SSSR count). The number of halogens is 2. The van der Waals surface area contributed by atoms with Gasteiger partial charge < -0.3 is 15.4 Å². The fourth-order valence-electron chi connectivity index (χ4n) is 3.80. The summed E-state index contributed by atoms with van der Waals surface area (Å²) in [6.07, 6.45) is 0. The molecule has 0 radical (unpaired) electrons. The Bertz CT molecular complexity index is 1220. The van der Waals surface area contributed by atoms with Crippen molar-refractivity contribution in [2.75, 3.05) is 18.2 Å². The summed E-state index contributed by atoms with van der Waals surface area (Å²) in [6, 6.07) is 13.0. The van der Waals surface area contributed by atoms with E-state index in [1.807, 2.05) is 26.0 Å². The Balaban J connectivity index is 1.90. The second-order valence-electron chi connectivity index (χ2n) is 7.63. The van der Waals surface area contributed by atoms with Crippen LogP contribution in [0, 0.1) is 31.1 Å². The van der Waals surface area contributed by atoms with Crippen LogP contribution >= 0.6 is 43.6 Å². The average Bonchev–Trinajstić information content (AvgIpc) is 2.79. The molecule has 176 valence electrons. The van der Waals surface area contributed by atoms with Crippen LogP contribution in [-0.4, -0.2) is 30.6 Å². The van der Waals surface area contributed by atoms with Crippen molar-refractivity contribution in [1.82, 2.24) is 5.32 Å². The predicted molar refractivity (Wildman–Crippen MR) is 138 cm³/mol. The van der Waals surface area contributed by atoms with Crippen molar-refractivity contribution in [2.45, 2.75) is 19.8 Å². The highest BCUT2D eigenvalue weighted by molar-refractivity contribution is 9.10. The number of anilines is 1. The quantitative estimate of drug-likeness (QED) is 0.356. The number of carbonyl (C=O) groups excluding carboxylic acids is 3. The number of hydrogen-bond donors (Lipinski definition) is 2. The second kappa shape index (κ2) is 11.2. The minimum absolute atomic E-state index is 0.0379. The van der Waals surface area contributed by atoms with Crippen molar-refractivity contribution < 1.29 is 19.1 Å². The third-order valence-electron chi connectivity index (χ3n) is 5.30. The smallest absolute Gasteiger partial charge is 0.319 e. The van der Waals surface area contributed by atoms with Gasteiger partial charge in [-0.25, -0.2) is 0 Å². The Morgan fingerprint density at radius 2 is 1.85 bits per heavy atom. The molecule has 2 aromatic rings. The molecule has 2 aromatic carbocycles. The number of nitrogens with zero attached hydrogens (tertiary/aromatic N) is 1. The zero-order chi connectivity index (χ0) is 25.0. The van der Waals surface area contributed by atoms with Crippen molar-refractivity contribution in [3.05, 3.63) is 72.6 Å². The molecule has 34 heavy (non-hydrogen) atoms. The van der Waals surface area contributed by atoms with E-state index in [0.717, 1.165) is 31.8 Å². The van der Waals surface area contributed by atoms with Crippen LogP contribution in [-0.2, 0) is 19.1 Å². The zero-order valence-corrected chi connectivity index (χ0v) is 22.6. The Labute approximate surface area is 218 Å². The van der Waals surface area contributed by atoms with Crippen LogP contribution in [0.3, 0.4) is 0 Å². The lowest BCUT2D eigenvalue weighted by Crippen LogP contribution is -2.44. The molecule has 0 saturated heterocycles. The first-order chi connectivity index (χ1) is 16.2.